The maximum Gasteiger partial charge on any atom is 0.272 e. The maximum atomic E-state index is 13.0. The first-order chi connectivity index (χ1) is 12.3. The first-order valence-corrected chi connectivity index (χ1v) is 8.34. The van der Waals surface area contributed by atoms with Gasteiger partial charge in [-0.05, 0) is 49.2 Å². The quantitative estimate of drug-likeness (QED) is 0.732. The summed E-state index contributed by atoms with van der Waals surface area (Å²) in [5.74, 6) is 1.40. The summed E-state index contributed by atoms with van der Waals surface area (Å²) in [7, 11) is 1.63. The molecular weight excluding hydrogens is 318 g/mol. The second kappa shape index (κ2) is 6.47. The Kier molecular flexibility index (Phi) is 4.01. The van der Waals surface area contributed by atoms with Crippen LogP contribution in [0.2, 0.25) is 0 Å². The molecule has 3 heterocycles. The van der Waals surface area contributed by atoms with Crippen LogP contribution in [-0.4, -0.2) is 40.8 Å². The highest BCUT2D eigenvalue weighted by molar-refractivity contribution is 5.94. The van der Waals surface area contributed by atoms with Gasteiger partial charge in [0.1, 0.15) is 17.1 Å². The number of amides is 1. The predicted octanol–water partition coefficient (Wildman–Crippen LogP) is 3.38. The van der Waals surface area contributed by atoms with E-state index in [1.165, 1.54) is 0 Å². The maximum absolute atomic E-state index is 13.0. The van der Waals surface area contributed by atoms with Gasteiger partial charge in [0.15, 0.2) is 5.76 Å². The van der Waals surface area contributed by atoms with Gasteiger partial charge in [0.05, 0.1) is 19.1 Å². The molecule has 6 heteroatoms. The fourth-order valence-electron chi connectivity index (χ4n) is 3.08. The molecule has 128 valence electrons. The number of hydrogen-bond donors (Lipinski definition) is 0. The minimum atomic E-state index is -0.00127. The van der Waals surface area contributed by atoms with E-state index in [1.807, 2.05) is 41.3 Å². The number of carbonyl (C=O) groups excluding carboxylic acids is 1. The summed E-state index contributed by atoms with van der Waals surface area (Å²) in [6, 6.07) is 12.9. The standard InChI is InChI=1S/C19H19N3O3/c1-24-15-8-6-14(7-9-15)22-17(19(23)21-10-2-3-11-21)13-16(20-22)18-5-4-12-25-18/h4-9,12-13H,2-3,10-11H2,1H3. The minimum absolute atomic E-state index is 0.00127. The number of furan rings is 1. The van der Waals surface area contributed by atoms with Gasteiger partial charge in [0.25, 0.3) is 5.91 Å². The second-order valence-electron chi connectivity index (χ2n) is 6.00. The summed E-state index contributed by atoms with van der Waals surface area (Å²) in [6.07, 6.45) is 3.70. The molecule has 0 spiro atoms. The van der Waals surface area contributed by atoms with E-state index in [1.54, 1.807) is 24.1 Å². The van der Waals surface area contributed by atoms with Gasteiger partial charge in [0.2, 0.25) is 0 Å². The summed E-state index contributed by atoms with van der Waals surface area (Å²) >= 11 is 0. The average molecular weight is 337 g/mol. The second-order valence-corrected chi connectivity index (χ2v) is 6.00. The third-order valence-corrected chi connectivity index (χ3v) is 4.41. The van der Waals surface area contributed by atoms with Crippen LogP contribution in [0.1, 0.15) is 23.3 Å². The Labute approximate surface area is 145 Å². The van der Waals surface area contributed by atoms with E-state index < -0.39 is 0 Å². The average Bonchev–Trinajstić information content (AvgIpc) is 3.42. The number of ether oxygens (including phenoxy) is 1. The molecule has 1 aliphatic rings. The van der Waals surface area contributed by atoms with Crippen molar-refractivity contribution < 1.29 is 13.9 Å². The zero-order valence-corrected chi connectivity index (χ0v) is 14.0. The SMILES string of the molecule is COc1ccc(-n2nc(-c3ccco3)cc2C(=O)N2CCCC2)cc1. The number of hydrogen-bond acceptors (Lipinski definition) is 4. The van der Waals surface area contributed by atoms with Gasteiger partial charge >= 0.3 is 0 Å². The summed E-state index contributed by atoms with van der Waals surface area (Å²) in [5, 5.41) is 4.61. The van der Waals surface area contributed by atoms with Crippen molar-refractivity contribution in [3.05, 3.63) is 54.4 Å². The monoisotopic (exact) mass is 337 g/mol. The van der Waals surface area contributed by atoms with Crippen molar-refractivity contribution in [2.45, 2.75) is 12.8 Å². The van der Waals surface area contributed by atoms with E-state index in [-0.39, 0.29) is 5.91 Å². The number of aromatic nitrogens is 2. The fourth-order valence-corrected chi connectivity index (χ4v) is 3.08. The fraction of sp³-hybridized carbons (Fsp3) is 0.263. The van der Waals surface area contributed by atoms with Crippen LogP contribution < -0.4 is 4.74 Å². The smallest absolute Gasteiger partial charge is 0.272 e. The van der Waals surface area contributed by atoms with Crippen LogP contribution in [0.3, 0.4) is 0 Å². The number of carbonyl (C=O) groups is 1. The highest BCUT2D eigenvalue weighted by Gasteiger charge is 2.25. The third kappa shape index (κ3) is 2.91. The van der Waals surface area contributed by atoms with Crippen LogP contribution in [0, 0.1) is 0 Å². The van der Waals surface area contributed by atoms with Gasteiger partial charge in [-0.3, -0.25) is 4.79 Å². The topological polar surface area (TPSA) is 60.5 Å². The van der Waals surface area contributed by atoms with Crippen molar-refractivity contribution in [3.63, 3.8) is 0 Å². The zero-order valence-electron chi connectivity index (χ0n) is 14.0. The Bertz CT molecular complexity index is 860. The molecule has 0 N–H and O–H groups in total. The van der Waals surface area contributed by atoms with Crippen molar-refractivity contribution >= 4 is 5.91 Å². The summed E-state index contributed by atoms with van der Waals surface area (Å²) < 4.78 is 12.3. The Morgan fingerprint density at radius 3 is 2.56 bits per heavy atom. The van der Waals surface area contributed by atoms with E-state index in [0.29, 0.717) is 17.1 Å². The van der Waals surface area contributed by atoms with Crippen LogP contribution in [0.15, 0.2) is 53.1 Å². The molecule has 4 rings (SSSR count). The number of rotatable bonds is 4. The Morgan fingerprint density at radius 1 is 1.16 bits per heavy atom. The molecule has 0 bridgehead atoms. The van der Waals surface area contributed by atoms with Gasteiger partial charge in [-0.2, -0.15) is 5.10 Å². The van der Waals surface area contributed by atoms with Crippen LogP contribution in [-0.2, 0) is 0 Å². The molecule has 1 saturated heterocycles. The first-order valence-electron chi connectivity index (χ1n) is 8.34. The van der Waals surface area contributed by atoms with Crippen molar-refractivity contribution in [2.75, 3.05) is 20.2 Å². The van der Waals surface area contributed by atoms with Crippen molar-refractivity contribution in [2.24, 2.45) is 0 Å². The molecule has 0 unspecified atom stereocenters. The minimum Gasteiger partial charge on any atom is -0.497 e. The molecule has 1 fully saturated rings. The number of methoxy groups -OCH3 is 1. The van der Waals surface area contributed by atoms with Gasteiger partial charge in [0, 0.05) is 19.2 Å². The number of likely N-dealkylation sites (tertiary alicyclic amines) is 1. The van der Waals surface area contributed by atoms with E-state index in [9.17, 15) is 4.79 Å². The molecule has 1 aliphatic heterocycles. The zero-order chi connectivity index (χ0) is 17.2. The molecule has 25 heavy (non-hydrogen) atoms. The molecule has 2 aromatic heterocycles. The van der Waals surface area contributed by atoms with Crippen LogP contribution in [0.4, 0.5) is 0 Å². The lowest BCUT2D eigenvalue weighted by molar-refractivity contribution is 0.0784. The third-order valence-electron chi connectivity index (χ3n) is 4.41. The van der Waals surface area contributed by atoms with Gasteiger partial charge in [-0.25, -0.2) is 4.68 Å². The highest BCUT2D eigenvalue weighted by Crippen LogP contribution is 2.25. The molecule has 1 aromatic carbocycles. The van der Waals surface area contributed by atoms with Crippen LogP contribution in [0.25, 0.3) is 17.1 Å². The molecule has 0 atom stereocenters. The van der Waals surface area contributed by atoms with E-state index in [2.05, 4.69) is 5.10 Å². The highest BCUT2D eigenvalue weighted by atomic mass is 16.5. The summed E-state index contributed by atoms with van der Waals surface area (Å²) in [5.41, 5.74) is 1.99. The van der Waals surface area contributed by atoms with E-state index in [4.69, 9.17) is 9.15 Å². The van der Waals surface area contributed by atoms with Gasteiger partial charge in [-0.1, -0.05) is 0 Å². The Morgan fingerprint density at radius 2 is 1.92 bits per heavy atom. The molecule has 3 aromatic rings. The molecular formula is C19H19N3O3. The van der Waals surface area contributed by atoms with Crippen molar-refractivity contribution in [1.82, 2.24) is 14.7 Å². The van der Waals surface area contributed by atoms with Gasteiger partial charge in [-0.15, -0.1) is 0 Å². The molecule has 0 aliphatic carbocycles. The molecule has 0 radical (unpaired) electrons. The molecule has 0 saturated carbocycles. The number of benzene rings is 1. The Balaban J connectivity index is 1.78. The largest absolute Gasteiger partial charge is 0.497 e. The van der Waals surface area contributed by atoms with Crippen molar-refractivity contribution in [1.29, 1.82) is 0 Å². The van der Waals surface area contributed by atoms with Gasteiger partial charge < -0.3 is 14.1 Å². The molecule has 6 nitrogen and oxygen atoms in total. The predicted molar refractivity (Wildman–Crippen MR) is 93.0 cm³/mol. The van der Waals surface area contributed by atoms with Crippen molar-refractivity contribution in [3.8, 4) is 22.9 Å². The van der Waals surface area contributed by atoms with Crippen LogP contribution in [0.5, 0.6) is 5.75 Å². The summed E-state index contributed by atoms with van der Waals surface area (Å²) in [6.45, 7) is 1.59. The lowest BCUT2D eigenvalue weighted by Gasteiger charge is -2.16. The number of nitrogens with zero attached hydrogens (tertiary/aromatic N) is 3. The normalized spacial score (nSPS) is 14.0. The van der Waals surface area contributed by atoms with Crippen LogP contribution >= 0.6 is 0 Å². The lowest BCUT2D eigenvalue weighted by atomic mass is 10.2. The summed E-state index contributed by atoms with van der Waals surface area (Å²) in [4.78, 5) is 14.8. The lowest BCUT2D eigenvalue weighted by Crippen LogP contribution is -2.29. The first kappa shape index (κ1) is 15.5. The van der Waals surface area contributed by atoms with E-state index >= 15 is 0 Å². The molecule has 1 amide bonds. The Hall–Kier alpha value is -3.02. The van der Waals surface area contributed by atoms with E-state index in [0.717, 1.165) is 37.4 Å².